The number of carbonyl (C=O) groups is 3. The highest BCUT2D eigenvalue weighted by Gasteiger charge is 2.21. The fourth-order valence-electron chi connectivity index (χ4n) is 2.37. The molecule has 0 amide bonds. The van der Waals surface area contributed by atoms with Gasteiger partial charge in [-0.2, -0.15) is 0 Å². The van der Waals surface area contributed by atoms with E-state index in [0.29, 0.717) is 10.9 Å². The Morgan fingerprint density at radius 1 is 1.15 bits per heavy atom. The molecule has 0 saturated heterocycles. The first-order valence-corrected chi connectivity index (χ1v) is 7.60. The van der Waals surface area contributed by atoms with Gasteiger partial charge in [0, 0.05) is 11.6 Å². The van der Waals surface area contributed by atoms with Gasteiger partial charge in [-0.1, -0.05) is 23.4 Å². The van der Waals surface area contributed by atoms with E-state index in [1.807, 2.05) is 0 Å². The fraction of sp³-hybridized carbons (Fsp3) is 0.0588. The summed E-state index contributed by atoms with van der Waals surface area (Å²) in [4.78, 5) is 48.1. The molecule has 2 aromatic heterocycles. The second-order valence-electron chi connectivity index (χ2n) is 5.44. The van der Waals surface area contributed by atoms with Crippen molar-refractivity contribution in [1.82, 2.24) is 14.5 Å². The molecular formula is C17H13N5O5. The van der Waals surface area contributed by atoms with Crippen LogP contribution in [0.15, 0.2) is 48.0 Å². The van der Waals surface area contributed by atoms with Crippen LogP contribution in [-0.2, 0) is 4.84 Å². The smallest absolute Gasteiger partial charge is 0.416 e. The number of nitrogens with zero attached hydrogens (tertiary/aromatic N) is 4. The number of hydrogen-bond donors (Lipinski definition) is 2. The molecule has 0 radical (unpaired) electrons. The summed E-state index contributed by atoms with van der Waals surface area (Å²) in [6.45, 7) is 1.44. The number of carbonyl (C=O) groups excluding carboxylic acids is 2. The molecule has 1 aromatic carbocycles. The molecule has 0 saturated carbocycles. The van der Waals surface area contributed by atoms with Crippen molar-refractivity contribution in [2.45, 2.75) is 6.92 Å². The maximum absolute atomic E-state index is 12.7. The molecule has 0 aliphatic rings. The van der Waals surface area contributed by atoms with Gasteiger partial charge in [-0.3, -0.25) is 9.36 Å². The Morgan fingerprint density at radius 3 is 2.44 bits per heavy atom. The summed E-state index contributed by atoms with van der Waals surface area (Å²) in [5, 5.41) is 13.1. The summed E-state index contributed by atoms with van der Waals surface area (Å²) in [7, 11) is 0. The molecule has 2 heterocycles. The average molecular weight is 367 g/mol. The molecule has 3 N–H and O–H groups in total. The van der Waals surface area contributed by atoms with Crippen LogP contribution >= 0.6 is 0 Å². The summed E-state index contributed by atoms with van der Waals surface area (Å²) >= 11 is 0. The topological polar surface area (TPSA) is 150 Å². The summed E-state index contributed by atoms with van der Waals surface area (Å²) in [6.07, 6.45) is 2.17. The van der Waals surface area contributed by atoms with Crippen molar-refractivity contribution in [1.29, 1.82) is 0 Å². The maximum Gasteiger partial charge on any atom is 0.416 e. The summed E-state index contributed by atoms with van der Waals surface area (Å²) in [5.74, 6) is -1.36. The molecule has 0 spiro atoms. The summed E-state index contributed by atoms with van der Waals surface area (Å²) in [6, 6.07) is 6.58. The quantitative estimate of drug-likeness (QED) is 0.232. The predicted octanol–water partition coefficient (Wildman–Crippen LogP) is 1.64. The molecule has 0 aliphatic carbocycles. The molecule has 0 unspecified atom stereocenters. The monoisotopic (exact) mass is 367 g/mol. The Morgan fingerprint density at radius 2 is 1.81 bits per heavy atom. The minimum absolute atomic E-state index is 0.0536. The van der Waals surface area contributed by atoms with E-state index in [2.05, 4.69) is 20.0 Å². The van der Waals surface area contributed by atoms with Crippen LogP contribution in [0.3, 0.4) is 0 Å². The van der Waals surface area contributed by atoms with Crippen molar-refractivity contribution in [2.24, 2.45) is 10.9 Å². The second kappa shape index (κ2) is 7.04. The number of ketones is 1. The zero-order valence-electron chi connectivity index (χ0n) is 14.0. The minimum Gasteiger partial charge on any atom is -0.464 e. The van der Waals surface area contributed by atoms with Crippen LogP contribution < -0.4 is 5.73 Å². The van der Waals surface area contributed by atoms with E-state index in [9.17, 15) is 19.5 Å². The number of hydrogen-bond acceptors (Lipinski definition) is 7. The normalized spacial score (nSPS) is 11.4. The molecular weight excluding hydrogens is 354 g/mol. The molecule has 136 valence electrons. The van der Waals surface area contributed by atoms with Crippen molar-refractivity contribution >= 4 is 34.6 Å². The molecule has 0 bridgehead atoms. The third-order valence-electron chi connectivity index (χ3n) is 3.53. The Kier molecular flexibility index (Phi) is 4.62. The van der Waals surface area contributed by atoms with Crippen LogP contribution in [0.5, 0.6) is 0 Å². The lowest BCUT2D eigenvalue weighted by atomic mass is 10.1. The van der Waals surface area contributed by atoms with E-state index >= 15 is 0 Å². The van der Waals surface area contributed by atoms with Crippen LogP contribution in [0.4, 0.5) is 4.79 Å². The van der Waals surface area contributed by atoms with Gasteiger partial charge in [-0.05, 0) is 13.0 Å². The molecule has 0 fully saturated rings. The predicted molar refractivity (Wildman–Crippen MR) is 93.5 cm³/mol. The number of amidine groups is 1. The van der Waals surface area contributed by atoms with Gasteiger partial charge in [0.05, 0.1) is 23.5 Å². The highest BCUT2D eigenvalue weighted by atomic mass is 16.7. The third-order valence-corrected chi connectivity index (χ3v) is 3.53. The first kappa shape index (κ1) is 17.7. The Balaban J connectivity index is 1.93. The summed E-state index contributed by atoms with van der Waals surface area (Å²) in [5.41, 5.74) is 5.57. The number of para-hydroxylation sites is 1. The first-order valence-electron chi connectivity index (χ1n) is 7.60. The zero-order chi connectivity index (χ0) is 19.6. The van der Waals surface area contributed by atoms with Crippen LogP contribution in [0, 0.1) is 0 Å². The largest absolute Gasteiger partial charge is 0.464 e. The molecule has 10 nitrogen and oxygen atoms in total. The Hall–Kier alpha value is -4.08. The van der Waals surface area contributed by atoms with Gasteiger partial charge < -0.3 is 15.7 Å². The SMILES string of the molecule is CC(N)=NOC(=O)c1cnc(C(=O)c2cn(C(=O)O)c3ccccc23)cn1. The molecule has 27 heavy (non-hydrogen) atoms. The minimum atomic E-state index is -1.22. The molecule has 3 aromatic rings. The van der Waals surface area contributed by atoms with Gasteiger partial charge >= 0.3 is 12.1 Å². The van der Waals surface area contributed by atoms with Crippen molar-refractivity contribution in [2.75, 3.05) is 0 Å². The number of nitrogens with two attached hydrogens (primary N) is 1. The van der Waals surface area contributed by atoms with E-state index in [1.165, 1.54) is 13.1 Å². The van der Waals surface area contributed by atoms with E-state index < -0.39 is 17.8 Å². The highest BCUT2D eigenvalue weighted by Crippen LogP contribution is 2.23. The van der Waals surface area contributed by atoms with Gasteiger partial charge in [-0.25, -0.2) is 19.6 Å². The first-order chi connectivity index (χ1) is 12.9. The van der Waals surface area contributed by atoms with Crippen LogP contribution in [0.1, 0.15) is 33.5 Å². The van der Waals surface area contributed by atoms with Crippen LogP contribution in [-0.4, -0.2) is 43.3 Å². The number of carboxylic acid groups (broad SMARTS) is 1. The second-order valence-corrected chi connectivity index (χ2v) is 5.44. The van der Waals surface area contributed by atoms with Gasteiger partial charge in [0.1, 0.15) is 11.5 Å². The molecule has 0 aliphatic heterocycles. The van der Waals surface area contributed by atoms with Crippen LogP contribution in [0.25, 0.3) is 10.9 Å². The van der Waals surface area contributed by atoms with Crippen molar-refractivity contribution < 1.29 is 24.3 Å². The lowest BCUT2D eigenvalue weighted by molar-refractivity contribution is 0.0507. The highest BCUT2D eigenvalue weighted by molar-refractivity contribution is 6.16. The number of fused-ring (bicyclic) bond motifs is 1. The van der Waals surface area contributed by atoms with E-state index in [4.69, 9.17) is 5.73 Å². The molecule has 3 rings (SSSR count). The number of aromatic nitrogens is 3. The van der Waals surface area contributed by atoms with E-state index in [1.54, 1.807) is 24.3 Å². The maximum atomic E-state index is 12.7. The zero-order valence-corrected chi connectivity index (χ0v) is 14.0. The number of benzene rings is 1. The average Bonchev–Trinajstić information content (AvgIpc) is 3.05. The van der Waals surface area contributed by atoms with E-state index in [0.717, 1.165) is 17.0 Å². The number of rotatable bonds is 4. The number of oxime groups is 1. The van der Waals surface area contributed by atoms with E-state index in [-0.39, 0.29) is 22.8 Å². The van der Waals surface area contributed by atoms with Gasteiger partial charge in [-0.15, -0.1) is 0 Å². The molecule has 0 atom stereocenters. The van der Waals surface area contributed by atoms with Gasteiger partial charge in [0.2, 0.25) is 5.78 Å². The lowest BCUT2D eigenvalue weighted by Gasteiger charge is -2.00. The summed E-state index contributed by atoms with van der Waals surface area (Å²) < 4.78 is 0.953. The van der Waals surface area contributed by atoms with Crippen molar-refractivity contribution in [3.63, 3.8) is 0 Å². The van der Waals surface area contributed by atoms with Gasteiger partial charge in [0.25, 0.3) is 0 Å². The molecule has 10 heteroatoms. The lowest BCUT2D eigenvalue weighted by Crippen LogP contribution is -2.12. The van der Waals surface area contributed by atoms with Gasteiger partial charge in [0.15, 0.2) is 5.69 Å². The Bertz CT molecular complexity index is 1080. The third kappa shape index (κ3) is 3.49. The standard InChI is InChI=1S/C17H13N5O5/c1-9(18)21-27-16(24)13-7-19-12(6-20-13)15(23)11-8-22(17(25)26)14-5-3-2-4-10(11)14/h2-8H,1H3,(H2,18,21)(H,25,26). The Labute approximate surface area is 151 Å². The van der Waals surface area contributed by atoms with Crippen LogP contribution in [0.2, 0.25) is 0 Å². The van der Waals surface area contributed by atoms with Crippen molar-refractivity contribution in [3.05, 3.63) is 59.8 Å². The van der Waals surface area contributed by atoms with Crippen molar-refractivity contribution in [3.8, 4) is 0 Å². The fourth-order valence-corrected chi connectivity index (χ4v) is 2.37.